The molecule has 0 saturated carbocycles. The van der Waals surface area contributed by atoms with E-state index in [9.17, 15) is 5.21 Å². The van der Waals surface area contributed by atoms with Crippen LogP contribution in [0.1, 0.15) is 22.9 Å². The van der Waals surface area contributed by atoms with E-state index in [4.69, 9.17) is 0 Å². The van der Waals surface area contributed by atoms with Crippen molar-refractivity contribution >= 4 is 5.71 Å². The number of aromatic amines is 2. The zero-order chi connectivity index (χ0) is 13.8. The summed E-state index contributed by atoms with van der Waals surface area (Å²) in [5.41, 5.74) is 3.45. The van der Waals surface area contributed by atoms with Gasteiger partial charge in [-0.25, -0.2) is 0 Å². The predicted molar refractivity (Wildman–Crippen MR) is 78.2 cm³/mol. The molecule has 0 aliphatic heterocycles. The Bertz CT molecular complexity index is 636. The van der Waals surface area contributed by atoms with Crippen LogP contribution in [0.2, 0.25) is 0 Å². The second-order valence-corrected chi connectivity index (χ2v) is 4.54. The predicted octanol–water partition coefficient (Wildman–Crippen LogP) is 3.35. The number of hydrogen-bond donors (Lipinski definition) is 3. The first kappa shape index (κ1) is 12.3. The van der Waals surface area contributed by atoms with Crippen LogP contribution in [-0.4, -0.2) is 20.9 Å². The third-order valence-corrected chi connectivity index (χ3v) is 3.32. The average Bonchev–Trinajstić information content (AvgIpc) is 3.19. The normalized spacial score (nSPS) is 11.9. The highest BCUT2D eigenvalue weighted by atomic mass is 16.4. The number of H-pyrrole nitrogens is 2. The van der Waals surface area contributed by atoms with E-state index in [1.165, 1.54) is 0 Å². The molecule has 3 aromatic rings. The van der Waals surface area contributed by atoms with Gasteiger partial charge in [-0.1, -0.05) is 35.5 Å². The van der Waals surface area contributed by atoms with E-state index in [0.29, 0.717) is 5.71 Å². The highest BCUT2D eigenvalue weighted by Gasteiger charge is 2.24. The van der Waals surface area contributed by atoms with Crippen molar-refractivity contribution < 1.29 is 5.21 Å². The van der Waals surface area contributed by atoms with E-state index in [1.807, 2.05) is 67.0 Å². The summed E-state index contributed by atoms with van der Waals surface area (Å²) in [6.45, 7) is 0. The smallest absolute Gasteiger partial charge is 0.102 e. The van der Waals surface area contributed by atoms with Gasteiger partial charge >= 0.3 is 0 Å². The minimum absolute atomic E-state index is 0.160. The zero-order valence-corrected chi connectivity index (χ0v) is 10.8. The minimum Gasteiger partial charge on any atom is -0.411 e. The van der Waals surface area contributed by atoms with Crippen molar-refractivity contribution in [1.82, 2.24) is 9.97 Å². The molecule has 1 aromatic carbocycles. The lowest BCUT2D eigenvalue weighted by Gasteiger charge is -2.16. The lowest BCUT2D eigenvalue weighted by Crippen LogP contribution is -2.16. The number of rotatable bonds is 4. The summed E-state index contributed by atoms with van der Waals surface area (Å²) < 4.78 is 0. The van der Waals surface area contributed by atoms with E-state index in [0.717, 1.165) is 17.0 Å². The Labute approximate surface area is 116 Å². The molecule has 4 heteroatoms. The van der Waals surface area contributed by atoms with Gasteiger partial charge in [0.2, 0.25) is 0 Å². The van der Waals surface area contributed by atoms with Crippen molar-refractivity contribution in [3.05, 3.63) is 83.9 Å². The second kappa shape index (κ2) is 5.48. The fraction of sp³-hybridized carbons (Fsp3) is 0.0625. The third-order valence-electron chi connectivity index (χ3n) is 3.32. The van der Waals surface area contributed by atoms with Gasteiger partial charge in [-0.05, 0) is 24.3 Å². The van der Waals surface area contributed by atoms with Crippen LogP contribution in [0.4, 0.5) is 0 Å². The molecule has 3 N–H and O–H groups in total. The molecule has 3 rings (SSSR count). The fourth-order valence-corrected chi connectivity index (χ4v) is 2.40. The Morgan fingerprint density at radius 1 is 0.850 bits per heavy atom. The molecule has 0 unspecified atom stereocenters. The van der Waals surface area contributed by atoms with Gasteiger partial charge in [0, 0.05) is 29.3 Å². The number of nitrogens with one attached hydrogen (secondary N) is 2. The Hall–Kier alpha value is -2.75. The lowest BCUT2D eigenvalue weighted by atomic mass is 9.91. The number of aromatic nitrogens is 2. The molecule has 0 atom stereocenters. The van der Waals surface area contributed by atoms with Gasteiger partial charge < -0.3 is 15.2 Å². The van der Waals surface area contributed by atoms with E-state index in [-0.39, 0.29) is 5.92 Å². The quantitative estimate of drug-likeness (QED) is 0.378. The number of nitrogens with zero attached hydrogens (tertiary/aromatic N) is 1. The molecular weight excluding hydrogens is 250 g/mol. The van der Waals surface area contributed by atoms with E-state index in [2.05, 4.69) is 15.1 Å². The maximum absolute atomic E-state index is 9.51. The summed E-state index contributed by atoms with van der Waals surface area (Å²) >= 11 is 0. The summed E-state index contributed by atoms with van der Waals surface area (Å²) in [7, 11) is 0. The van der Waals surface area contributed by atoms with Gasteiger partial charge in [0.1, 0.15) is 5.71 Å². The molecule has 100 valence electrons. The SMILES string of the molecule is O/N=C(\c1ccccc1)C(c1ccc[nH]1)c1ccc[nH]1. The number of hydrogen-bond acceptors (Lipinski definition) is 2. The first-order valence-corrected chi connectivity index (χ1v) is 6.44. The second-order valence-electron chi connectivity index (χ2n) is 4.54. The molecule has 0 aliphatic carbocycles. The van der Waals surface area contributed by atoms with Crippen molar-refractivity contribution in [1.29, 1.82) is 0 Å². The maximum atomic E-state index is 9.51. The van der Waals surface area contributed by atoms with E-state index in [1.54, 1.807) is 0 Å². The lowest BCUT2D eigenvalue weighted by molar-refractivity contribution is 0.317. The molecular formula is C16H15N3O. The van der Waals surface area contributed by atoms with Crippen molar-refractivity contribution in [3.8, 4) is 0 Å². The monoisotopic (exact) mass is 265 g/mol. The Morgan fingerprint density at radius 3 is 1.90 bits per heavy atom. The van der Waals surface area contributed by atoms with Crippen molar-refractivity contribution in [2.24, 2.45) is 5.16 Å². The molecule has 2 aromatic heterocycles. The third kappa shape index (κ3) is 2.23. The Kier molecular flexibility index (Phi) is 3.37. The van der Waals surface area contributed by atoms with Crippen LogP contribution in [0, 0.1) is 0 Å². The average molecular weight is 265 g/mol. The van der Waals surface area contributed by atoms with Crippen LogP contribution in [0.3, 0.4) is 0 Å². The van der Waals surface area contributed by atoms with E-state index >= 15 is 0 Å². The first-order valence-electron chi connectivity index (χ1n) is 6.44. The maximum Gasteiger partial charge on any atom is 0.102 e. The summed E-state index contributed by atoms with van der Waals surface area (Å²) in [5.74, 6) is -0.160. The van der Waals surface area contributed by atoms with Crippen LogP contribution >= 0.6 is 0 Å². The molecule has 0 bridgehead atoms. The van der Waals surface area contributed by atoms with Crippen LogP contribution in [0.15, 0.2) is 72.1 Å². The molecule has 0 saturated heterocycles. The number of oxime groups is 1. The van der Waals surface area contributed by atoms with Gasteiger partial charge in [0.05, 0.1) is 5.92 Å². The Balaban J connectivity index is 2.10. The highest BCUT2D eigenvalue weighted by molar-refractivity contribution is 6.06. The van der Waals surface area contributed by atoms with Crippen LogP contribution in [-0.2, 0) is 0 Å². The molecule has 0 aliphatic rings. The molecule has 20 heavy (non-hydrogen) atoms. The Morgan fingerprint density at radius 2 is 1.45 bits per heavy atom. The van der Waals surface area contributed by atoms with Gasteiger partial charge in [-0.3, -0.25) is 0 Å². The van der Waals surface area contributed by atoms with Crippen LogP contribution in [0.5, 0.6) is 0 Å². The van der Waals surface area contributed by atoms with Crippen molar-refractivity contribution in [3.63, 3.8) is 0 Å². The molecule has 0 amide bonds. The highest BCUT2D eigenvalue weighted by Crippen LogP contribution is 2.27. The summed E-state index contributed by atoms with van der Waals surface area (Å²) in [5, 5.41) is 13.1. The van der Waals surface area contributed by atoms with Crippen molar-refractivity contribution in [2.45, 2.75) is 5.92 Å². The van der Waals surface area contributed by atoms with Gasteiger partial charge in [0.15, 0.2) is 0 Å². The van der Waals surface area contributed by atoms with Crippen LogP contribution < -0.4 is 0 Å². The topological polar surface area (TPSA) is 64.2 Å². The number of benzene rings is 1. The fourth-order valence-electron chi connectivity index (χ4n) is 2.40. The largest absolute Gasteiger partial charge is 0.411 e. The molecule has 4 nitrogen and oxygen atoms in total. The van der Waals surface area contributed by atoms with Crippen LogP contribution in [0.25, 0.3) is 0 Å². The first-order chi connectivity index (χ1) is 9.90. The van der Waals surface area contributed by atoms with E-state index < -0.39 is 0 Å². The molecule has 0 spiro atoms. The van der Waals surface area contributed by atoms with Gasteiger partial charge in [-0.2, -0.15) is 0 Å². The summed E-state index contributed by atoms with van der Waals surface area (Å²) in [6.07, 6.45) is 3.73. The summed E-state index contributed by atoms with van der Waals surface area (Å²) in [4.78, 5) is 6.40. The molecule has 2 heterocycles. The van der Waals surface area contributed by atoms with Gasteiger partial charge in [0.25, 0.3) is 0 Å². The standard InChI is InChI=1S/C16H15N3O/c20-19-16(12-6-2-1-3-7-12)15(13-8-4-10-17-13)14-9-5-11-18-14/h1-11,15,17-18,20H/b19-16+. The van der Waals surface area contributed by atoms with Gasteiger partial charge in [-0.15, -0.1) is 0 Å². The summed E-state index contributed by atoms with van der Waals surface area (Å²) in [6, 6.07) is 17.5. The van der Waals surface area contributed by atoms with Crippen molar-refractivity contribution in [2.75, 3.05) is 0 Å². The minimum atomic E-state index is -0.160. The molecule has 0 radical (unpaired) electrons. The molecule has 0 fully saturated rings. The zero-order valence-electron chi connectivity index (χ0n) is 10.8.